The number of hydrogen-bond donors (Lipinski definition) is 0. The van der Waals surface area contributed by atoms with Crippen LogP contribution in [-0.4, -0.2) is 16.6 Å². The number of para-hydroxylation sites is 1. The maximum absolute atomic E-state index is 6.14. The van der Waals surface area contributed by atoms with Crippen LogP contribution in [0.1, 0.15) is 37.9 Å². The molecule has 4 heteroatoms. The van der Waals surface area contributed by atoms with Gasteiger partial charge in [-0.15, -0.1) is 0 Å². The fourth-order valence-corrected chi connectivity index (χ4v) is 2.30. The van der Waals surface area contributed by atoms with E-state index in [4.69, 9.17) is 16.3 Å². The first-order valence-electron chi connectivity index (χ1n) is 7.04. The molecule has 2 aromatic rings. The second-order valence-electron chi connectivity index (χ2n) is 5.05. The van der Waals surface area contributed by atoms with E-state index in [9.17, 15) is 0 Å². The minimum Gasteiger partial charge on any atom is -0.493 e. The van der Waals surface area contributed by atoms with Crippen LogP contribution in [0.5, 0.6) is 5.75 Å². The molecule has 1 aliphatic rings. The third-order valence-corrected chi connectivity index (χ3v) is 3.47. The van der Waals surface area contributed by atoms with Crippen LogP contribution >= 0.6 is 11.6 Å². The highest BCUT2D eigenvalue weighted by atomic mass is 35.5. The summed E-state index contributed by atoms with van der Waals surface area (Å²) >= 11 is 6.14. The molecule has 0 saturated heterocycles. The summed E-state index contributed by atoms with van der Waals surface area (Å²) in [4.78, 5) is 8.99. The van der Waals surface area contributed by atoms with Crippen molar-refractivity contribution < 1.29 is 4.74 Å². The van der Waals surface area contributed by atoms with E-state index >= 15 is 0 Å². The van der Waals surface area contributed by atoms with Crippen LogP contribution in [0, 0.1) is 0 Å². The first kappa shape index (κ1) is 13.4. The zero-order valence-electron chi connectivity index (χ0n) is 11.5. The van der Waals surface area contributed by atoms with E-state index in [0.29, 0.717) is 17.7 Å². The topological polar surface area (TPSA) is 35.0 Å². The van der Waals surface area contributed by atoms with Gasteiger partial charge < -0.3 is 4.74 Å². The van der Waals surface area contributed by atoms with E-state index in [-0.39, 0.29) is 0 Å². The second-order valence-corrected chi connectivity index (χ2v) is 5.44. The van der Waals surface area contributed by atoms with Crippen molar-refractivity contribution in [1.82, 2.24) is 9.97 Å². The van der Waals surface area contributed by atoms with Gasteiger partial charge in [-0.1, -0.05) is 30.7 Å². The van der Waals surface area contributed by atoms with Crippen molar-refractivity contribution in [2.45, 2.75) is 32.1 Å². The molecule has 0 bridgehead atoms. The quantitative estimate of drug-likeness (QED) is 0.762. The molecule has 0 radical (unpaired) electrons. The third-order valence-electron chi connectivity index (χ3n) is 3.28. The molecule has 1 aromatic heterocycles. The van der Waals surface area contributed by atoms with E-state index in [1.807, 2.05) is 30.3 Å². The molecule has 3 nitrogen and oxygen atoms in total. The summed E-state index contributed by atoms with van der Waals surface area (Å²) in [6, 6.07) is 9.75. The summed E-state index contributed by atoms with van der Waals surface area (Å²) in [5.74, 6) is 2.19. The van der Waals surface area contributed by atoms with Crippen molar-refractivity contribution >= 4 is 11.6 Å². The Labute approximate surface area is 124 Å². The molecular formula is C16H17ClN2O. The lowest BCUT2D eigenvalue weighted by atomic mass is 10.1. The van der Waals surface area contributed by atoms with Crippen molar-refractivity contribution in [3.63, 3.8) is 0 Å². The van der Waals surface area contributed by atoms with Gasteiger partial charge in [0.25, 0.3) is 0 Å². The van der Waals surface area contributed by atoms with Gasteiger partial charge in [-0.05, 0) is 31.4 Å². The lowest BCUT2D eigenvalue weighted by Gasteiger charge is -2.11. The molecule has 1 saturated carbocycles. The highest BCUT2D eigenvalue weighted by Gasteiger charge is 2.27. The molecule has 1 aromatic carbocycles. The average Bonchev–Trinajstić information content (AvgIpc) is 3.29. The Bertz CT molecular complexity index is 611. The van der Waals surface area contributed by atoms with Crippen LogP contribution in [0.25, 0.3) is 11.3 Å². The summed E-state index contributed by atoms with van der Waals surface area (Å²) in [7, 11) is 0. The third kappa shape index (κ3) is 2.93. The minimum atomic E-state index is 0.483. The average molecular weight is 289 g/mol. The summed E-state index contributed by atoms with van der Waals surface area (Å²) in [6.07, 6.45) is 3.30. The van der Waals surface area contributed by atoms with Crippen LogP contribution in [0.2, 0.25) is 5.15 Å². The second kappa shape index (κ2) is 5.80. The first-order chi connectivity index (χ1) is 9.78. The van der Waals surface area contributed by atoms with Gasteiger partial charge in [0.2, 0.25) is 0 Å². The molecule has 1 aliphatic carbocycles. The van der Waals surface area contributed by atoms with Crippen LogP contribution < -0.4 is 4.74 Å². The van der Waals surface area contributed by atoms with Gasteiger partial charge in [0.1, 0.15) is 16.7 Å². The van der Waals surface area contributed by atoms with Gasteiger partial charge in [0, 0.05) is 17.5 Å². The highest BCUT2D eigenvalue weighted by molar-refractivity contribution is 6.29. The fourth-order valence-electron chi connectivity index (χ4n) is 2.11. The Kier molecular flexibility index (Phi) is 3.88. The Morgan fingerprint density at radius 2 is 2.05 bits per heavy atom. The van der Waals surface area contributed by atoms with Crippen LogP contribution in [-0.2, 0) is 0 Å². The zero-order chi connectivity index (χ0) is 13.9. The van der Waals surface area contributed by atoms with Crippen molar-refractivity contribution in [2.75, 3.05) is 6.61 Å². The van der Waals surface area contributed by atoms with Gasteiger partial charge >= 0.3 is 0 Å². The maximum Gasteiger partial charge on any atom is 0.133 e. The molecule has 3 rings (SSSR count). The predicted molar refractivity (Wildman–Crippen MR) is 80.2 cm³/mol. The normalized spacial score (nSPS) is 14.3. The highest BCUT2D eigenvalue weighted by Crippen LogP contribution is 2.39. The zero-order valence-corrected chi connectivity index (χ0v) is 12.2. The Hall–Kier alpha value is -1.61. The van der Waals surface area contributed by atoms with Crippen molar-refractivity contribution in [3.05, 3.63) is 41.3 Å². The molecule has 0 spiro atoms. The predicted octanol–water partition coefficient (Wildman–Crippen LogP) is 4.46. The van der Waals surface area contributed by atoms with Crippen molar-refractivity contribution in [2.24, 2.45) is 0 Å². The van der Waals surface area contributed by atoms with E-state index in [0.717, 1.165) is 42.1 Å². The molecule has 0 amide bonds. The van der Waals surface area contributed by atoms with E-state index < -0.39 is 0 Å². The van der Waals surface area contributed by atoms with Crippen molar-refractivity contribution in [3.8, 4) is 17.0 Å². The molecule has 1 heterocycles. The molecule has 104 valence electrons. The number of aromatic nitrogens is 2. The molecule has 0 aliphatic heterocycles. The van der Waals surface area contributed by atoms with E-state index in [1.165, 1.54) is 0 Å². The van der Waals surface area contributed by atoms with Gasteiger partial charge in [0.15, 0.2) is 0 Å². The fraction of sp³-hybridized carbons (Fsp3) is 0.375. The Morgan fingerprint density at radius 3 is 2.80 bits per heavy atom. The smallest absolute Gasteiger partial charge is 0.133 e. The molecule has 0 atom stereocenters. The molecular weight excluding hydrogens is 272 g/mol. The summed E-state index contributed by atoms with van der Waals surface area (Å²) < 4.78 is 5.79. The number of halogens is 1. The van der Waals surface area contributed by atoms with Crippen LogP contribution in [0.4, 0.5) is 0 Å². The Balaban J connectivity index is 1.99. The largest absolute Gasteiger partial charge is 0.493 e. The molecule has 0 N–H and O–H groups in total. The summed E-state index contributed by atoms with van der Waals surface area (Å²) in [6.45, 7) is 2.79. The van der Waals surface area contributed by atoms with Crippen LogP contribution in [0.3, 0.4) is 0 Å². The van der Waals surface area contributed by atoms with E-state index in [2.05, 4.69) is 16.9 Å². The standard InChI is InChI=1S/C16H17ClN2O/c1-2-9-20-14-6-4-3-5-12(14)13-10-15(17)19-16(18-13)11-7-8-11/h3-6,10-11H,2,7-9H2,1H3. The monoisotopic (exact) mass is 288 g/mol. The molecule has 1 fully saturated rings. The molecule has 20 heavy (non-hydrogen) atoms. The summed E-state index contributed by atoms with van der Waals surface area (Å²) in [5.41, 5.74) is 1.82. The first-order valence-corrected chi connectivity index (χ1v) is 7.42. The minimum absolute atomic E-state index is 0.483. The number of nitrogens with zero attached hydrogens (tertiary/aromatic N) is 2. The van der Waals surface area contributed by atoms with E-state index in [1.54, 1.807) is 0 Å². The van der Waals surface area contributed by atoms with Gasteiger partial charge in [0.05, 0.1) is 12.3 Å². The summed E-state index contributed by atoms with van der Waals surface area (Å²) in [5, 5.41) is 0.502. The SMILES string of the molecule is CCCOc1ccccc1-c1cc(Cl)nc(C2CC2)n1. The number of hydrogen-bond acceptors (Lipinski definition) is 3. The van der Waals surface area contributed by atoms with Crippen molar-refractivity contribution in [1.29, 1.82) is 0 Å². The van der Waals surface area contributed by atoms with Gasteiger partial charge in [-0.25, -0.2) is 9.97 Å². The lowest BCUT2D eigenvalue weighted by Crippen LogP contribution is -1.99. The van der Waals surface area contributed by atoms with Gasteiger partial charge in [-0.2, -0.15) is 0 Å². The maximum atomic E-state index is 6.14. The van der Waals surface area contributed by atoms with Gasteiger partial charge in [-0.3, -0.25) is 0 Å². The number of benzene rings is 1. The molecule has 0 unspecified atom stereocenters. The number of ether oxygens (including phenoxy) is 1. The number of rotatable bonds is 5. The Morgan fingerprint density at radius 1 is 1.25 bits per heavy atom. The lowest BCUT2D eigenvalue weighted by molar-refractivity contribution is 0.318. The van der Waals surface area contributed by atoms with Crippen LogP contribution in [0.15, 0.2) is 30.3 Å².